The molecule has 116 valence electrons. The summed E-state index contributed by atoms with van der Waals surface area (Å²) in [5, 5.41) is 0. The van der Waals surface area contributed by atoms with E-state index in [2.05, 4.69) is 4.74 Å². The van der Waals surface area contributed by atoms with E-state index in [-0.39, 0.29) is 19.2 Å². The number of nitrogens with zero attached hydrogens (tertiary/aromatic N) is 1. The van der Waals surface area contributed by atoms with Crippen molar-refractivity contribution in [3.8, 4) is 0 Å². The molecule has 1 amide bonds. The molecule has 0 N–H and O–H groups in total. The Morgan fingerprint density at radius 2 is 1.71 bits per heavy atom. The number of likely N-dealkylation sites (N-methyl/N-ethyl adjacent to an activating group) is 1. The summed E-state index contributed by atoms with van der Waals surface area (Å²) >= 11 is 0. The van der Waals surface area contributed by atoms with Gasteiger partial charge in [-0.25, -0.2) is 17.6 Å². The Bertz CT molecular complexity index is 563. The molecule has 0 spiro atoms. The van der Waals surface area contributed by atoms with E-state index < -0.39 is 47.3 Å². The summed E-state index contributed by atoms with van der Waals surface area (Å²) in [6.45, 7) is 2.57. The van der Waals surface area contributed by atoms with Crippen LogP contribution in [0.15, 0.2) is 6.07 Å². The van der Waals surface area contributed by atoms with Gasteiger partial charge >= 0.3 is 5.97 Å². The van der Waals surface area contributed by atoms with Crippen molar-refractivity contribution in [3.05, 3.63) is 34.9 Å². The highest BCUT2D eigenvalue weighted by atomic mass is 19.2. The molecule has 0 aromatic heterocycles. The summed E-state index contributed by atoms with van der Waals surface area (Å²) in [6, 6.07) is 0.254. The number of carbonyl (C=O) groups is 2. The maximum Gasteiger partial charge on any atom is 0.325 e. The van der Waals surface area contributed by atoms with Crippen LogP contribution in [0, 0.1) is 23.3 Å². The van der Waals surface area contributed by atoms with Gasteiger partial charge in [0.15, 0.2) is 23.3 Å². The molecule has 0 bridgehead atoms. The zero-order valence-electron chi connectivity index (χ0n) is 11.4. The average molecular weight is 307 g/mol. The number of rotatable bonds is 5. The maximum atomic E-state index is 13.5. The zero-order valence-corrected chi connectivity index (χ0v) is 11.4. The predicted molar refractivity (Wildman–Crippen MR) is 64.5 cm³/mol. The summed E-state index contributed by atoms with van der Waals surface area (Å²) in [5.74, 6) is -9.47. The lowest BCUT2D eigenvalue weighted by Gasteiger charge is -2.20. The largest absolute Gasteiger partial charge is 0.465 e. The van der Waals surface area contributed by atoms with Crippen LogP contribution in [0.1, 0.15) is 24.2 Å². The molecule has 0 saturated carbocycles. The first-order valence-corrected chi connectivity index (χ1v) is 6.11. The van der Waals surface area contributed by atoms with E-state index in [1.54, 1.807) is 6.92 Å². The number of carbonyl (C=O) groups excluding carboxylic acids is 2. The fraction of sp³-hybridized carbons (Fsp3) is 0.385. The van der Waals surface area contributed by atoms with Crippen molar-refractivity contribution < 1.29 is 31.9 Å². The van der Waals surface area contributed by atoms with E-state index >= 15 is 0 Å². The molecular formula is C13H13F4NO3. The second-order valence-corrected chi connectivity index (χ2v) is 3.97. The van der Waals surface area contributed by atoms with Crippen molar-refractivity contribution in [2.24, 2.45) is 0 Å². The maximum absolute atomic E-state index is 13.5. The minimum absolute atomic E-state index is 0.0301. The average Bonchev–Trinajstić information content (AvgIpc) is 2.46. The third kappa shape index (κ3) is 3.71. The van der Waals surface area contributed by atoms with E-state index in [0.717, 1.165) is 4.90 Å². The van der Waals surface area contributed by atoms with Gasteiger partial charge in [0.25, 0.3) is 5.91 Å². The third-order valence-corrected chi connectivity index (χ3v) is 2.63. The minimum atomic E-state index is -2.08. The monoisotopic (exact) mass is 307 g/mol. The number of esters is 1. The topological polar surface area (TPSA) is 46.6 Å². The molecule has 0 heterocycles. The van der Waals surface area contributed by atoms with Crippen LogP contribution in [-0.2, 0) is 9.53 Å². The lowest BCUT2D eigenvalue weighted by atomic mass is 10.1. The van der Waals surface area contributed by atoms with Gasteiger partial charge in [-0.05, 0) is 19.9 Å². The molecule has 8 heteroatoms. The van der Waals surface area contributed by atoms with Crippen molar-refractivity contribution >= 4 is 11.9 Å². The van der Waals surface area contributed by atoms with Gasteiger partial charge in [0, 0.05) is 6.54 Å². The zero-order chi connectivity index (χ0) is 16.2. The molecular weight excluding hydrogens is 294 g/mol. The van der Waals surface area contributed by atoms with Crippen LogP contribution in [0.5, 0.6) is 0 Å². The molecule has 1 rings (SSSR count). The van der Waals surface area contributed by atoms with Gasteiger partial charge < -0.3 is 9.64 Å². The Balaban J connectivity index is 3.09. The Morgan fingerprint density at radius 1 is 1.10 bits per heavy atom. The molecule has 21 heavy (non-hydrogen) atoms. The highest BCUT2D eigenvalue weighted by molar-refractivity contribution is 5.96. The fourth-order valence-corrected chi connectivity index (χ4v) is 1.59. The third-order valence-electron chi connectivity index (χ3n) is 2.63. The Hall–Kier alpha value is -2.12. The first kappa shape index (κ1) is 16.9. The molecule has 0 aliphatic heterocycles. The number of hydrogen-bond donors (Lipinski definition) is 0. The SMILES string of the molecule is CCOC(=O)CN(CC)C(=O)c1cc(F)c(F)c(F)c1F. The van der Waals surface area contributed by atoms with Gasteiger partial charge in [-0.15, -0.1) is 0 Å². The smallest absolute Gasteiger partial charge is 0.325 e. The predicted octanol–water partition coefficient (Wildman–Crippen LogP) is 2.27. The van der Waals surface area contributed by atoms with E-state index in [4.69, 9.17) is 0 Å². The summed E-state index contributed by atoms with van der Waals surface area (Å²) in [4.78, 5) is 24.1. The number of hydrogen-bond acceptors (Lipinski definition) is 3. The fourth-order valence-electron chi connectivity index (χ4n) is 1.59. The van der Waals surface area contributed by atoms with Crippen LogP contribution in [0.3, 0.4) is 0 Å². The van der Waals surface area contributed by atoms with Crippen LogP contribution < -0.4 is 0 Å². The first-order chi connectivity index (χ1) is 9.83. The number of halogens is 4. The minimum Gasteiger partial charge on any atom is -0.465 e. The van der Waals surface area contributed by atoms with Crippen molar-refractivity contribution in [1.82, 2.24) is 4.90 Å². The van der Waals surface area contributed by atoms with Crippen LogP contribution in [-0.4, -0.2) is 36.5 Å². The van der Waals surface area contributed by atoms with Gasteiger partial charge in [-0.1, -0.05) is 0 Å². The van der Waals surface area contributed by atoms with E-state index in [0.29, 0.717) is 0 Å². The van der Waals surface area contributed by atoms with Gasteiger partial charge in [0.1, 0.15) is 6.54 Å². The Labute approximate surface area is 118 Å². The van der Waals surface area contributed by atoms with Crippen LogP contribution >= 0.6 is 0 Å². The molecule has 0 atom stereocenters. The molecule has 0 unspecified atom stereocenters. The van der Waals surface area contributed by atoms with Gasteiger partial charge in [0.05, 0.1) is 12.2 Å². The van der Waals surface area contributed by atoms with Crippen LogP contribution in [0.4, 0.5) is 17.6 Å². The molecule has 4 nitrogen and oxygen atoms in total. The van der Waals surface area contributed by atoms with Gasteiger partial charge in [-0.3, -0.25) is 9.59 Å². The summed E-state index contributed by atoms with van der Waals surface area (Å²) in [5.41, 5.74) is -0.988. The lowest BCUT2D eigenvalue weighted by molar-refractivity contribution is -0.143. The molecule has 1 aromatic rings. The molecule has 0 aliphatic carbocycles. The number of amides is 1. The molecule has 0 saturated heterocycles. The highest BCUT2D eigenvalue weighted by Crippen LogP contribution is 2.20. The standard InChI is InChI=1S/C13H13F4NO3/c1-3-18(6-9(19)21-4-2)13(20)7-5-8(14)11(16)12(17)10(7)15/h5H,3-4,6H2,1-2H3. The van der Waals surface area contributed by atoms with Crippen molar-refractivity contribution in [2.75, 3.05) is 19.7 Å². The van der Waals surface area contributed by atoms with E-state index in [1.165, 1.54) is 6.92 Å². The van der Waals surface area contributed by atoms with Crippen LogP contribution in [0.2, 0.25) is 0 Å². The van der Waals surface area contributed by atoms with Gasteiger partial charge in [-0.2, -0.15) is 0 Å². The molecule has 0 radical (unpaired) electrons. The number of benzene rings is 1. The molecule has 1 aromatic carbocycles. The van der Waals surface area contributed by atoms with E-state index in [1.807, 2.05) is 0 Å². The first-order valence-electron chi connectivity index (χ1n) is 6.11. The summed E-state index contributed by atoms with van der Waals surface area (Å²) in [7, 11) is 0. The van der Waals surface area contributed by atoms with Gasteiger partial charge in [0.2, 0.25) is 0 Å². The Morgan fingerprint density at radius 3 is 2.24 bits per heavy atom. The highest BCUT2D eigenvalue weighted by Gasteiger charge is 2.26. The summed E-state index contributed by atoms with van der Waals surface area (Å²) < 4.78 is 57.2. The second kappa shape index (κ2) is 7.05. The Kier molecular flexibility index (Phi) is 5.69. The quantitative estimate of drug-likeness (QED) is 0.363. The number of ether oxygens (including phenoxy) is 1. The van der Waals surface area contributed by atoms with Crippen molar-refractivity contribution in [1.29, 1.82) is 0 Å². The van der Waals surface area contributed by atoms with E-state index in [9.17, 15) is 27.2 Å². The van der Waals surface area contributed by atoms with Crippen LogP contribution in [0.25, 0.3) is 0 Å². The van der Waals surface area contributed by atoms with Crippen molar-refractivity contribution in [2.45, 2.75) is 13.8 Å². The molecule has 0 fully saturated rings. The second-order valence-electron chi connectivity index (χ2n) is 3.97. The molecule has 0 aliphatic rings. The lowest BCUT2D eigenvalue weighted by Crippen LogP contribution is -2.37. The normalized spacial score (nSPS) is 10.4. The van der Waals surface area contributed by atoms with Crippen molar-refractivity contribution in [3.63, 3.8) is 0 Å². The summed E-state index contributed by atoms with van der Waals surface area (Å²) in [6.07, 6.45) is 0.